The van der Waals surface area contributed by atoms with E-state index in [2.05, 4.69) is 31.6 Å². The van der Waals surface area contributed by atoms with Gasteiger partial charge in [0.05, 0.1) is 7.11 Å². The molecule has 1 aromatic rings. The summed E-state index contributed by atoms with van der Waals surface area (Å²) in [6, 6.07) is 6.83. The molecule has 2 amide bonds. The van der Waals surface area contributed by atoms with E-state index >= 15 is 0 Å². The molecule has 0 radical (unpaired) electrons. The Bertz CT molecular complexity index is 287. The van der Waals surface area contributed by atoms with Gasteiger partial charge in [0.15, 0.2) is 0 Å². The SMILES string of the molecule is CONC(=O)Nc1ccc(Br)cc1. The Morgan fingerprint density at radius 1 is 1.38 bits per heavy atom. The molecule has 4 nitrogen and oxygen atoms in total. The highest BCUT2D eigenvalue weighted by molar-refractivity contribution is 9.10. The maximum Gasteiger partial charge on any atom is 0.343 e. The van der Waals surface area contributed by atoms with Crippen molar-refractivity contribution in [2.45, 2.75) is 0 Å². The van der Waals surface area contributed by atoms with Crippen LogP contribution in [0.1, 0.15) is 0 Å². The fourth-order valence-electron chi connectivity index (χ4n) is 0.783. The van der Waals surface area contributed by atoms with E-state index in [9.17, 15) is 4.79 Å². The Labute approximate surface area is 84.4 Å². The minimum atomic E-state index is -0.398. The van der Waals surface area contributed by atoms with Gasteiger partial charge in [0, 0.05) is 10.2 Å². The Balaban J connectivity index is 2.54. The maximum atomic E-state index is 10.9. The summed E-state index contributed by atoms with van der Waals surface area (Å²) in [5.41, 5.74) is 2.85. The van der Waals surface area contributed by atoms with Gasteiger partial charge < -0.3 is 5.32 Å². The normalized spacial score (nSPS) is 9.38. The average Bonchev–Trinajstić information content (AvgIpc) is 2.09. The van der Waals surface area contributed by atoms with E-state index in [-0.39, 0.29) is 0 Å². The number of carbonyl (C=O) groups is 1. The minimum absolute atomic E-state index is 0.398. The van der Waals surface area contributed by atoms with Gasteiger partial charge in [-0.3, -0.25) is 4.84 Å². The minimum Gasteiger partial charge on any atom is -0.306 e. The number of urea groups is 1. The van der Waals surface area contributed by atoms with Crippen molar-refractivity contribution in [2.75, 3.05) is 12.4 Å². The topological polar surface area (TPSA) is 50.4 Å². The number of anilines is 1. The molecule has 70 valence electrons. The zero-order chi connectivity index (χ0) is 9.68. The molecule has 0 aliphatic rings. The van der Waals surface area contributed by atoms with E-state index in [0.29, 0.717) is 5.69 Å². The third-order valence-corrected chi connectivity index (χ3v) is 1.83. The van der Waals surface area contributed by atoms with Gasteiger partial charge in [-0.25, -0.2) is 10.3 Å². The van der Waals surface area contributed by atoms with Gasteiger partial charge in [-0.05, 0) is 24.3 Å². The first kappa shape index (κ1) is 10.0. The molecule has 0 atom stereocenters. The van der Waals surface area contributed by atoms with Gasteiger partial charge in [0.25, 0.3) is 0 Å². The van der Waals surface area contributed by atoms with Crippen LogP contribution >= 0.6 is 15.9 Å². The summed E-state index contributed by atoms with van der Waals surface area (Å²) in [5.74, 6) is 0. The lowest BCUT2D eigenvalue weighted by molar-refractivity contribution is 0.114. The predicted molar refractivity (Wildman–Crippen MR) is 53.3 cm³/mol. The molecule has 13 heavy (non-hydrogen) atoms. The van der Waals surface area contributed by atoms with Gasteiger partial charge in [-0.2, -0.15) is 0 Å². The van der Waals surface area contributed by atoms with Crippen molar-refractivity contribution in [3.8, 4) is 0 Å². The molecule has 0 unspecified atom stereocenters. The number of hydrogen-bond acceptors (Lipinski definition) is 2. The number of rotatable bonds is 2. The monoisotopic (exact) mass is 244 g/mol. The smallest absolute Gasteiger partial charge is 0.306 e. The molecule has 0 spiro atoms. The van der Waals surface area contributed by atoms with Crippen LogP contribution in [0.2, 0.25) is 0 Å². The van der Waals surface area contributed by atoms with Crippen LogP contribution < -0.4 is 10.8 Å². The third-order valence-electron chi connectivity index (χ3n) is 1.30. The highest BCUT2D eigenvalue weighted by atomic mass is 79.9. The first-order chi connectivity index (χ1) is 6.22. The first-order valence-electron chi connectivity index (χ1n) is 3.58. The van der Waals surface area contributed by atoms with Crippen LogP contribution in [0.25, 0.3) is 0 Å². The van der Waals surface area contributed by atoms with Gasteiger partial charge in [0.1, 0.15) is 0 Å². The number of carbonyl (C=O) groups excluding carboxylic acids is 1. The average molecular weight is 245 g/mol. The summed E-state index contributed by atoms with van der Waals surface area (Å²) < 4.78 is 0.963. The second kappa shape index (κ2) is 4.84. The molecule has 0 bridgehead atoms. The molecule has 1 aromatic carbocycles. The Kier molecular flexibility index (Phi) is 3.72. The molecule has 0 aliphatic carbocycles. The predicted octanol–water partition coefficient (Wildman–Crippen LogP) is 2.13. The van der Waals surface area contributed by atoms with Crippen molar-refractivity contribution in [2.24, 2.45) is 0 Å². The molecule has 1 rings (SSSR count). The molecule has 2 N–H and O–H groups in total. The standard InChI is InChI=1S/C8H9BrN2O2/c1-13-11-8(12)10-7-4-2-6(9)3-5-7/h2-5H,1H3,(H2,10,11,12). The molecule has 5 heteroatoms. The van der Waals surface area contributed by atoms with E-state index in [1.165, 1.54) is 7.11 Å². The van der Waals surface area contributed by atoms with Crippen LogP contribution in [0.15, 0.2) is 28.7 Å². The summed E-state index contributed by atoms with van der Waals surface area (Å²) >= 11 is 3.29. The Morgan fingerprint density at radius 3 is 2.54 bits per heavy atom. The van der Waals surface area contributed by atoms with Crippen molar-refractivity contribution >= 4 is 27.6 Å². The molecule has 0 saturated carbocycles. The lowest BCUT2D eigenvalue weighted by Gasteiger charge is -2.04. The van der Waals surface area contributed by atoms with Crippen molar-refractivity contribution in [1.29, 1.82) is 0 Å². The third kappa shape index (κ3) is 3.43. The summed E-state index contributed by atoms with van der Waals surface area (Å²) in [5, 5.41) is 2.57. The van der Waals surface area contributed by atoms with E-state index in [0.717, 1.165) is 4.47 Å². The quantitative estimate of drug-likeness (QED) is 0.784. The fourth-order valence-corrected chi connectivity index (χ4v) is 1.05. The second-order valence-corrected chi connectivity index (χ2v) is 3.18. The van der Waals surface area contributed by atoms with E-state index < -0.39 is 6.03 Å². The van der Waals surface area contributed by atoms with Crippen LogP contribution in [-0.4, -0.2) is 13.1 Å². The number of hydrogen-bond donors (Lipinski definition) is 2. The van der Waals surface area contributed by atoms with Crippen LogP contribution in [0.3, 0.4) is 0 Å². The molecule has 0 aliphatic heterocycles. The first-order valence-corrected chi connectivity index (χ1v) is 4.37. The lowest BCUT2D eigenvalue weighted by atomic mass is 10.3. The van der Waals surface area contributed by atoms with Gasteiger partial charge in [0.2, 0.25) is 0 Å². The fraction of sp³-hybridized carbons (Fsp3) is 0.125. The zero-order valence-corrected chi connectivity index (χ0v) is 8.59. The van der Waals surface area contributed by atoms with Gasteiger partial charge >= 0.3 is 6.03 Å². The molecule has 0 heterocycles. The molecular formula is C8H9BrN2O2. The summed E-state index contributed by atoms with van der Waals surface area (Å²) in [4.78, 5) is 15.4. The van der Waals surface area contributed by atoms with Crippen LogP contribution in [0.4, 0.5) is 10.5 Å². The van der Waals surface area contributed by atoms with E-state index in [1.54, 1.807) is 12.1 Å². The summed E-state index contributed by atoms with van der Waals surface area (Å²) in [6.07, 6.45) is 0. The number of nitrogens with one attached hydrogen (secondary N) is 2. The maximum absolute atomic E-state index is 10.9. The van der Waals surface area contributed by atoms with Crippen molar-refractivity contribution < 1.29 is 9.63 Å². The zero-order valence-electron chi connectivity index (χ0n) is 7.00. The van der Waals surface area contributed by atoms with Crippen molar-refractivity contribution in [1.82, 2.24) is 5.48 Å². The molecular weight excluding hydrogens is 236 g/mol. The van der Waals surface area contributed by atoms with Crippen LogP contribution in [0.5, 0.6) is 0 Å². The summed E-state index contributed by atoms with van der Waals surface area (Å²) in [7, 11) is 1.38. The number of halogens is 1. The highest BCUT2D eigenvalue weighted by Gasteiger charge is 1.98. The largest absolute Gasteiger partial charge is 0.343 e. The van der Waals surface area contributed by atoms with Crippen molar-refractivity contribution in [3.05, 3.63) is 28.7 Å². The van der Waals surface area contributed by atoms with Crippen LogP contribution in [0, 0.1) is 0 Å². The van der Waals surface area contributed by atoms with Gasteiger partial charge in [-0.15, -0.1) is 0 Å². The second-order valence-electron chi connectivity index (χ2n) is 2.27. The number of hydroxylamine groups is 1. The number of benzene rings is 1. The van der Waals surface area contributed by atoms with E-state index in [4.69, 9.17) is 0 Å². The Hall–Kier alpha value is -1.07. The van der Waals surface area contributed by atoms with Crippen molar-refractivity contribution in [3.63, 3.8) is 0 Å². The van der Waals surface area contributed by atoms with Crippen LogP contribution in [-0.2, 0) is 4.84 Å². The van der Waals surface area contributed by atoms with Gasteiger partial charge in [-0.1, -0.05) is 15.9 Å². The molecule has 0 saturated heterocycles. The highest BCUT2D eigenvalue weighted by Crippen LogP contribution is 2.13. The lowest BCUT2D eigenvalue weighted by Crippen LogP contribution is -2.27. The molecule has 0 fully saturated rings. The number of amides is 2. The molecule has 0 aromatic heterocycles. The summed E-state index contributed by atoms with van der Waals surface area (Å²) in [6.45, 7) is 0. The van der Waals surface area contributed by atoms with E-state index in [1.807, 2.05) is 12.1 Å². The Morgan fingerprint density at radius 2 is 2.00 bits per heavy atom.